The van der Waals surface area contributed by atoms with E-state index in [-0.39, 0.29) is 91.8 Å². The molecule has 426 valence electrons. The fourth-order valence-corrected chi connectivity index (χ4v) is 14.3. The largest absolute Gasteiger partial charge is 0.488 e. The van der Waals surface area contributed by atoms with Gasteiger partial charge in [0.05, 0.1) is 44.6 Å². The predicted octanol–water partition coefficient (Wildman–Crippen LogP) is 7.51. The summed E-state index contributed by atoms with van der Waals surface area (Å²) in [5.74, 6) is -4.82. The molecule has 0 radical (unpaired) electrons. The Morgan fingerprint density at radius 1 is 0.469 bits per heavy atom. The van der Waals surface area contributed by atoms with E-state index in [9.17, 15) is 33.6 Å². The number of amides is 8. The minimum Gasteiger partial charge on any atom is -0.488 e. The van der Waals surface area contributed by atoms with E-state index < -0.39 is 87.5 Å². The average molecular weight is 1110 g/mol. The van der Waals surface area contributed by atoms with Crippen LogP contribution in [-0.2, 0) is 4.74 Å². The summed E-state index contributed by atoms with van der Waals surface area (Å²) in [4.78, 5) is 129. The molecule has 0 spiro atoms. The van der Waals surface area contributed by atoms with Crippen LogP contribution in [0.3, 0.4) is 0 Å². The summed E-state index contributed by atoms with van der Waals surface area (Å²) in [5, 5.41) is 15.6. The van der Waals surface area contributed by atoms with E-state index in [0.29, 0.717) is 44.2 Å². The van der Waals surface area contributed by atoms with Crippen LogP contribution in [0, 0.1) is 0 Å². The van der Waals surface area contributed by atoms with Gasteiger partial charge in [0.2, 0.25) is 0 Å². The molecule has 81 heavy (non-hydrogen) atoms. The van der Waals surface area contributed by atoms with E-state index >= 15 is 9.59 Å². The lowest BCUT2D eigenvalue weighted by molar-refractivity contribution is 0.0409. The zero-order valence-electron chi connectivity index (χ0n) is 48.1. The van der Waals surface area contributed by atoms with Crippen molar-refractivity contribution in [3.8, 4) is 5.75 Å². The third kappa shape index (κ3) is 11.1. The van der Waals surface area contributed by atoms with E-state index in [2.05, 4.69) is 54.3 Å². The number of anilines is 2. The van der Waals surface area contributed by atoms with E-state index in [1.165, 1.54) is 59.5 Å². The van der Waals surface area contributed by atoms with Gasteiger partial charge in [0, 0.05) is 68.2 Å². The summed E-state index contributed by atoms with van der Waals surface area (Å²) >= 11 is 0. The molecular weight excluding hydrogens is 1030 g/mol. The summed E-state index contributed by atoms with van der Waals surface area (Å²) in [5.41, 5.74) is -0.941. The van der Waals surface area contributed by atoms with Crippen LogP contribution in [0.1, 0.15) is 215 Å². The molecule has 0 aliphatic carbocycles. The maximum absolute atomic E-state index is 15.7. The monoisotopic (exact) mass is 1100 g/mol. The molecule has 19 nitrogen and oxygen atoms in total. The van der Waals surface area contributed by atoms with Crippen molar-refractivity contribution in [1.29, 1.82) is 0 Å². The zero-order valence-corrected chi connectivity index (χ0v) is 48.1. The van der Waals surface area contributed by atoms with E-state index in [0.717, 1.165) is 0 Å². The highest BCUT2D eigenvalue weighted by molar-refractivity contribution is 6.24. The number of hydrogen-bond donors (Lipinski definition) is 5. The van der Waals surface area contributed by atoms with Gasteiger partial charge in [-0.1, -0.05) is 0 Å². The van der Waals surface area contributed by atoms with Gasteiger partial charge >= 0.3 is 5.97 Å². The number of rotatable bonds is 12. The molecule has 5 N–H and O–H groups in total. The Morgan fingerprint density at radius 3 is 1.38 bits per heavy atom. The Morgan fingerprint density at radius 2 is 0.877 bits per heavy atom. The maximum atomic E-state index is 15.7. The fourth-order valence-electron chi connectivity index (χ4n) is 14.3. The number of hydrogen-bond acceptors (Lipinski definition) is 14. The Bertz CT molecular complexity index is 3360. The van der Waals surface area contributed by atoms with E-state index in [1.54, 1.807) is 28.0 Å². The Kier molecular flexibility index (Phi) is 13.9. The number of carbonyl (C=O) groups is 9. The minimum atomic E-state index is -0.759. The lowest BCUT2D eigenvalue weighted by Gasteiger charge is -2.50. The first kappa shape index (κ1) is 56.7. The molecule has 4 aromatic rings. The standard InChI is InChI=1S/C62H72N8O11/c1-57(2)27-37(28-58(3,4)65-57)68(52(75)33-13-17-40-43(23-33)50(73)63-48(40)71)36-16-20-47(46(26-36)69(38-29-59(5,6)66-60(7,8)30-38)53(76)34-14-18-41-44(24-34)51(74)64-49(41)72)80-21-22-81-56(79)35-15-19-42-45(25-35)55(78)70(54(42)77)39-31-61(9,10)67-62(11,12)32-39/h13-20,23-26,37-39,65-67H,21-22,27-32H2,1-12H3,(H,63,71,73)(H,64,72,74). The molecule has 3 saturated heterocycles. The van der Waals surface area contributed by atoms with Crippen LogP contribution in [-0.4, -0.2) is 123 Å². The number of imide groups is 3. The topological polar surface area (TPSA) is 242 Å². The predicted molar refractivity (Wildman–Crippen MR) is 302 cm³/mol. The molecule has 0 unspecified atom stereocenters. The summed E-state index contributed by atoms with van der Waals surface area (Å²) in [6.45, 7) is 24.1. The first-order valence-corrected chi connectivity index (χ1v) is 27.7. The number of ether oxygens (including phenoxy) is 2. The van der Waals surface area contributed by atoms with Gasteiger partial charge in [0.1, 0.15) is 19.0 Å². The van der Waals surface area contributed by atoms with Gasteiger partial charge in [-0.2, -0.15) is 0 Å². The summed E-state index contributed by atoms with van der Waals surface area (Å²) in [7, 11) is 0. The second kappa shape index (κ2) is 19.8. The number of piperidine rings is 3. The van der Waals surface area contributed by atoms with Crippen molar-refractivity contribution >= 4 is 64.6 Å². The summed E-state index contributed by atoms with van der Waals surface area (Å²) < 4.78 is 12.4. The minimum absolute atomic E-state index is 0.0490. The second-order valence-electron chi connectivity index (χ2n) is 26.7. The first-order valence-electron chi connectivity index (χ1n) is 27.7. The molecule has 6 aliphatic rings. The van der Waals surface area contributed by atoms with Crippen molar-refractivity contribution < 1.29 is 52.6 Å². The third-order valence-corrected chi connectivity index (χ3v) is 16.2. The molecule has 8 amide bonds. The number of esters is 1. The molecule has 0 aromatic heterocycles. The lowest BCUT2D eigenvalue weighted by atomic mass is 9.78. The van der Waals surface area contributed by atoms with Gasteiger partial charge in [0.15, 0.2) is 0 Å². The Labute approximate surface area is 471 Å². The van der Waals surface area contributed by atoms with Gasteiger partial charge in [-0.25, -0.2) is 4.79 Å². The first-order chi connectivity index (χ1) is 37.7. The fraction of sp³-hybridized carbons (Fsp3) is 0.468. The maximum Gasteiger partial charge on any atom is 0.338 e. The number of nitrogens with zero attached hydrogens (tertiary/aromatic N) is 3. The highest BCUT2D eigenvalue weighted by Gasteiger charge is 2.49. The van der Waals surface area contributed by atoms with E-state index in [4.69, 9.17) is 9.47 Å². The molecule has 6 heterocycles. The quantitative estimate of drug-likeness (QED) is 0.0524. The van der Waals surface area contributed by atoms with Crippen molar-refractivity contribution in [2.24, 2.45) is 0 Å². The zero-order chi connectivity index (χ0) is 58.7. The van der Waals surface area contributed by atoms with Crippen LogP contribution in [0.2, 0.25) is 0 Å². The average Bonchev–Trinajstić information content (AvgIpc) is 4.18. The van der Waals surface area contributed by atoms with Crippen molar-refractivity contribution in [3.63, 3.8) is 0 Å². The normalized spacial score (nSPS) is 21.4. The summed E-state index contributed by atoms with van der Waals surface area (Å²) in [6.07, 6.45) is 2.96. The third-order valence-electron chi connectivity index (χ3n) is 16.2. The van der Waals surface area contributed by atoms with Crippen molar-refractivity contribution in [2.45, 2.75) is 173 Å². The highest BCUT2D eigenvalue weighted by Crippen LogP contribution is 2.44. The van der Waals surface area contributed by atoms with Crippen LogP contribution in [0.5, 0.6) is 5.75 Å². The van der Waals surface area contributed by atoms with Crippen molar-refractivity contribution in [2.75, 3.05) is 23.0 Å². The van der Waals surface area contributed by atoms with Gasteiger partial charge < -0.3 is 35.2 Å². The molecule has 3 fully saturated rings. The number of benzene rings is 4. The van der Waals surface area contributed by atoms with Crippen LogP contribution >= 0.6 is 0 Å². The number of fused-ring (bicyclic) bond motifs is 3. The van der Waals surface area contributed by atoms with Crippen molar-refractivity contribution in [1.82, 2.24) is 31.5 Å². The molecule has 19 heteroatoms. The van der Waals surface area contributed by atoms with Crippen LogP contribution in [0.15, 0.2) is 72.8 Å². The van der Waals surface area contributed by atoms with Gasteiger partial charge in [-0.3, -0.25) is 53.9 Å². The SMILES string of the molecule is CC1(C)CC(N2C(=O)c3ccc(C(=O)OCCOc4ccc(N(C(=O)c5ccc6c(c5)C(=O)NC6=O)C5CC(C)(C)NC(C)(C)C5)cc4N(C(=O)c4ccc5c(c4)C(=O)NC5=O)C4CC(C)(C)NC(C)(C)C4)cc3C2=O)CC(C)(C)N1. The molecule has 10 rings (SSSR count). The smallest absolute Gasteiger partial charge is 0.338 e. The lowest BCUT2D eigenvalue weighted by Crippen LogP contribution is -2.63. The summed E-state index contributed by atoms with van der Waals surface area (Å²) in [6, 6.07) is 16.9. The highest BCUT2D eigenvalue weighted by atomic mass is 16.6. The van der Waals surface area contributed by atoms with Gasteiger partial charge in [0.25, 0.3) is 47.3 Å². The molecule has 0 atom stereocenters. The van der Waals surface area contributed by atoms with Crippen molar-refractivity contribution in [3.05, 3.63) is 123 Å². The number of carbonyl (C=O) groups excluding carboxylic acids is 9. The molecule has 6 aliphatic heterocycles. The number of nitrogens with one attached hydrogen (secondary N) is 5. The molecule has 0 bridgehead atoms. The van der Waals surface area contributed by atoms with Gasteiger partial charge in [-0.15, -0.1) is 0 Å². The van der Waals surface area contributed by atoms with Crippen LogP contribution < -0.4 is 41.1 Å². The van der Waals surface area contributed by atoms with Crippen LogP contribution in [0.25, 0.3) is 0 Å². The Balaban J connectivity index is 1.02. The van der Waals surface area contributed by atoms with Crippen LogP contribution in [0.4, 0.5) is 11.4 Å². The molecule has 4 aromatic carbocycles. The van der Waals surface area contributed by atoms with E-state index in [1.807, 2.05) is 55.4 Å². The second-order valence-corrected chi connectivity index (χ2v) is 26.7. The Hall–Kier alpha value is -7.61. The van der Waals surface area contributed by atoms with Gasteiger partial charge in [-0.05, 0) is 194 Å². The molecule has 0 saturated carbocycles. The molecular formula is C62H72N8O11.